The third-order valence-electron chi connectivity index (χ3n) is 4.52. The van der Waals surface area contributed by atoms with Crippen LogP contribution in [0, 0.1) is 17.7 Å². The van der Waals surface area contributed by atoms with Gasteiger partial charge in [-0.1, -0.05) is 12.1 Å². The number of halogens is 1. The maximum Gasteiger partial charge on any atom is 0.256 e. The molecule has 1 aromatic rings. The maximum absolute atomic E-state index is 13.7. The molecule has 1 aliphatic carbocycles. The van der Waals surface area contributed by atoms with Crippen LogP contribution in [-0.4, -0.2) is 36.3 Å². The minimum absolute atomic E-state index is 0.142. The number of likely N-dealkylation sites (tertiary alicyclic amines) is 1. The normalized spacial score (nSPS) is 19.0. The quantitative estimate of drug-likeness (QED) is 0.927. The number of carbonyl (C=O) groups is 2. The molecule has 0 unspecified atom stereocenters. The van der Waals surface area contributed by atoms with Crippen LogP contribution in [0.3, 0.4) is 0 Å². The molecule has 1 saturated heterocycles. The van der Waals surface area contributed by atoms with Crippen molar-refractivity contribution in [2.45, 2.75) is 25.7 Å². The lowest BCUT2D eigenvalue weighted by atomic mass is 9.96. The molecule has 2 aliphatic rings. The van der Waals surface area contributed by atoms with Crippen LogP contribution in [0.15, 0.2) is 24.3 Å². The first-order valence-corrected chi connectivity index (χ1v) is 7.96. The van der Waals surface area contributed by atoms with Gasteiger partial charge in [-0.15, -0.1) is 0 Å². The lowest BCUT2D eigenvalue weighted by Gasteiger charge is -2.32. The Morgan fingerprint density at radius 2 is 1.82 bits per heavy atom. The molecule has 0 atom stereocenters. The van der Waals surface area contributed by atoms with Crippen molar-refractivity contribution in [2.75, 3.05) is 19.6 Å². The summed E-state index contributed by atoms with van der Waals surface area (Å²) in [5, 5.41) is 3.00. The number of hydrogen-bond donors (Lipinski definition) is 1. The van der Waals surface area contributed by atoms with E-state index in [-0.39, 0.29) is 23.3 Å². The highest BCUT2D eigenvalue weighted by molar-refractivity contribution is 5.94. The highest BCUT2D eigenvalue weighted by Gasteiger charge is 2.30. The van der Waals surface area contributed by atoms with Gasteiger partial charge in [0.2, 0.25) is 5.91 Å². The number of nitrogens with one attached hydrogen (secondary N) is 1. The maximum atomic E-state index is 13.7. The van der Waals surface area contributed by atoms with Crippen LogP contribution in [0.5, 0.6) is 0 Å². The molecule has 2 fully saturated rings. The summed E-state index contributed by atoms with van der Waals surface area (Å²) in [6.07, 6.45) is 3.74. The molecular formula is C17H21FN2O2. The fourth-order valence-corrected chi connectivity index (χ4v) is 2.88. The van der Waals surface area contributed by atoms with Crippen molar-refractivity contribution >= 4 is 11.8 Å². The van der Waals surface area contributed by atoms with Gasteiger partial charge in [-0.25, -0.2) is 4.39 Å². The van der Waals surface area contributed by atoms with E-state index in [2.05, 4.69) is 5.32 Å². The Labute approximate surface area is 129 Å². The summed E-state index contributed by atoms with van der Waals surface area (Å²) in [5.74, 6) is 0.116. The SMILES string of the molecule is O=C(NCC1CCN(C(=O)c2ccccc2F)CC1)C1CC1. The Morgan fingerprint density at radius 3 is 2.45 bits per heavy atom. The molecule has 0 radical (unpaired) electrons. The molecule has 4 nitrogen and oxygen atoms in total. The molecular weight excluding hydrogens is 283 g/mol. The Balaban J connectivity index is 1.48. The van der Waals surface area contributed by atoms with Crippen molar-refractivity contribution in [3.8, 4) is 0 Å². The van der Waals surface area contributed by atoms with Crippen LogP contribution in [0.1, 0.15) is 36.0 Å². The second kappa shape index (κ2) is 6.46. The van der Waals surface area contributed by atoms with E-state index in [9.17, 15) is 14.0 Å². The number of hydrogen-bond acceptors (Lipinski definition) is 2. The average molecular weight is 304 g/mol. The summed E-state index contributed by atoms with van der Waals surface area (Å²) in [4.78, 5) is 25.6. The van der Waals surface area contributed by atoms with E-state index < -0.39 is 5.82 Å². The third kappa shape index (κ3) is 3.46. The highest BCUT2D eigenvalue weighted by Crippen LogP contribution is 2.29. The molecule has 1 N–H and O–H groups in total. The lowest BCUT2D eigenvalue weighted by molar-refractivity contribution is -0.122. The summed E-state index contributed by atoms with van der Waals surface area (Å²) in [7, 11) is 0. The van der Waals surface area contributed by atoms with Crippen LogP contribution in [0.2, 0.25) is 0 Å². The number of nitrogens with zero attached hydrogens (tertiary/aromatic N) is 1. The van der Waals surface area contributed by atoms with Gasteiger partial charge in [-0.05, 0) is 43.7 Å². The van der Waals surface area contributed by atoms with Crippen LogP contribution >= 0.6 is 0 Å². The molecule has 3 rings (SSSR count). The number of piperidine rings is 1. The van der Waals surface area contributed by atoms with E-state index in [0.717, 1.165) is 25.7 Å². The van der Waals surface area contributed by atoms with Gasteiger partial charge in [0.05, 0.1) is 5.56 Å². The molecule has 0 bridgehead atoms. The van der Waals surface area contributed by atoms with Gasteiger partial charge in [0.25, 0.3) is 5.91 Å². The topological polar surface area (TPSA) is 49.4 Å². The van der Waals surface area contributed by atoms with E-state index in [0.29, 0.717) is 25.6 Å². The average Bonchev–Trinajstić information content (AvgIpc) is 3.38. The summed E-state index contributed by atoms with van der Waals surface area (Å²) >= 11 is 0. The van der Waals surface area contributed by atoms with Crippen molar-refractivity contribution in [1.29, 1.82) is 0 Å². The Hall–Kier alpha value is -1.91. The van der Waals surface area contributed by atoms with E-state index in [4.69, 9.17) is 0 Å². The van der Waals surface area contributed by atoms with E-state index in [1.54, 1.807) is 17.0 Å². The molecule has 22 heavy (non-hydrogen) atoms. The summed E-state index contributed by atoms with van der Waals surface area (Å²) in [5.41, 5.74) is 0.142. The Morgan fingerprint density at radius 1 is 1.14 bits per heavy atom. The third-order valence-corrected chi connectivity index (χ3v) is 4.52. The predicted octanol–water partition coefficient (Wildman–Crippen LogP) is 2.20. The minimum Gasteiger partial charge on any atom is -0.356 e. The standard InChI is InChI=1S/C17H21FN2O2/c18-15-4-2-1-3-14(15)17(22)20-9-7-12(8-10-20)11-19-16(21)13-5-6-13/h1-4,12-13H,5-11H2,(H,19,21). The first-order valence-electron chi connectivity index (χ1n) is 7.96. The monoisotopic (exact) mass is 304 g/mol. The van der Waals surface area contributed by atoms with Gasteiger partial charge in [0, 0.05) is 25.6 Å². The summed E-state index contributed by atoms with van der Waals surface area (Å²) < 4.78 is 13.7. The molecule has 1 heterocycles. The molecule has 2 amide bonds. The highest BCUT2D eigenvalue weighted by atomic mass is 19.1. The van der Waals surface area contributed by atoms with Crippen molar-refractivity contribution in [3.63, 3.8) is 0 Å². The van der Waals surface area contributed by atoms with Gasteiger partial charge in [-0.3, -0.25) is 9.59 Å². The minimum atomic E-state index is -0.466. The van der Waals surface area contributed by atoms with Crippen LogP contribution < -0.4 is 5.32 Å². The number of benzene rings is 1. The molecule has 5 heteroatoms. The second-order valence-corrected chi connectivity index (χ2v) is 6.23. The van der Waals surface area contributed by atoms with Crippen molar-refractivity contribution in [1.82, 2.24) is 10.2 Å². The molecule has 1 saturated carbocycles. The molecule has 1 aromatic carbocycles. The van der Waals surface area contributed by atoms with Crippen LogP contribution in [-0.2, 0) is 4.79 Å². The fourth-order valence-electron chi connectivity index (χ4n) is 2.88. The van der Waals surface area contributed by atoms with Gasteiger partial charge >= 0.3 is 0 Å². The molecule has 1 aliphatic heterocycles. The van der Waals surface area contributed by atoms with Gasteiger partial charge in [0.1, 0.15) is 5.82 Å². The first-order chi connectivity index (χ1) is 10.6. The zero-order valence-corrected chi connectivity index (χ0v) is 12.6. The zero-order chi connectivity index (χ0) is 15.5. The van der Waals surface area contributed by atoms with Crippen LogP contribution in [0.25, 0.3) is 0 Å². The van der Waals surface area contributed by atoms with Gasteiger partial charge in [0.15, 0.2) is 0 Å². The van der Waals surface area contributed by atoms with Crippen molar-refractivity contribution < 1.29 is 14.0 Å². The van der Waals surface area contributed by atoms with E-state index in [1.807, 2.05) is 0 Å². The van der Waals surface area contributed by atoms with Crippen molar-refractivity contribution in [2.24, 2.45) is 11.8 Å². The number of amides is 2. The Bertz CT molecular complexity index is 564. The smallest absolute Gasteiger partial charge is 0.256 e. The second-order valence-electron chi connectivity index (χ2n) is 6.23. The zero-order valence-electron chi connectivity index (χ0n) is 12.6. The van der Waals surface area contributed by atoms with E-state index >= 15 is 0 Å². The first kappa shape index (κ1) is 15.0. The molecule has 118 valence electrons. The summed E-state index contributed by atoms with van der Waals surface area (Å²) in [6, 6.07) is 6.10. The van der Waals surface area contributed by atoms with Crippen LogP contribution in [0.4, 0.5) is 4.39 Å². The molecule has 0 spiro atoms. The predicted molar refractivity (Wildman–Crippen MR) is 80.8 cm³/mol. The Kier molecular flexibility index (Phi) is 4.41. The lowest BCUT2D eigenvalue weighted by Crippen LogP contribution is -2.42. The fraction of sp³-hybridized carbons (Fsp3) is 0.529. The van der Waals surface area contributed by atoms with E-state index in [1.165, 1.54) is 12.1 Å². The summed E-state index contributed by atoms with van der Waals surface area (Å²) in [6.45, 7) is 1.94. The number of carbonyl (C=O) groups excluding carboxylic acids is 2. The van der Waals surface area contributed by atoms with Crippen molar-refractivity contribution in [3.05, 3.63) is 35.6 Å². The molecule has 0 aromatic heterocycles. The van der Waals surface area contributed by atoms with Gasteiger partial charge in [-0.2, -0.15) is 0 Å². The number of rotatable bonds is 4. The van der Waals surface area contributed by atoms with Gasteiger partial charge < -0.3 is 10.2 Å². The largest absolute Gasteiger partial charge is 0.356 e.